The van der Waals surface area contributed by atoms with Crippen LogP contribution in [-0.4, -0.2) is 23.5 Å². The molecule has 0 aliphatic rings. The molecule has 0 saturated heterocycles. The molecule has 1 rings (SSSR count). The van der Waals surface area contributed by atoms with Crippen molar-refractivity contribution in [3.05, 3.63) is 35.9 Å². The molecular formula is C15H21NO3. The van der Waals surface area contributed by atoms with Gasteiger partial charge in [-0.05, 0) is 31.7 Å². The van der Waals surface area contributed by atoms with E-state index in [0.29, 0.717) is 12.5 Å². The van der Waals surface area contributed by atoms with Gasteiger partial charge < -0.3 is 10.4 Å². The van der Waals surface area contributed by atoms with E-state index in [-0.39, 0.29) is 0 Å². The summed E-state index contributed by atoms with van der Waals surface area (Å²) >= 11 is 0. The molecule has 4 nitrogen and oxygen atoms in total. The molecule has 0 aliphatic carbocycles. The summed E-state index contributed by atoms with van der Waals surface area (Å²) in [5.74, 6) is -1.23. The zero-order valence-corrected chi connectivity index (χ0v) is 11.6. The molecule has 0 radical (unpaired) electrons. The van der Waals surface area contributed by atoms with Crippen molar-refractivity contribution in [2.24, 2.45) is 5.41 Å². The fourth-order valence-electron chi connectivity index (χ4n) is 1.67. The zero-order valence-electron chi connectivity index (χ0n) is 11.6. The summed E-state index contributed by atoms with van der Waals surface area (Å²) < 4.78 is 0. The molecule has 1 aromatic rings. The van der Waals surface area contributed by atoms with E-state index < -0.39 is 17.3 Å². The lowest BCUT2D eigenvalue weighted by Crippen LogP contribution is -2.42. The first-order chi connectivity index (χ1) is 8.85. The summed E-state index contributed by atoms with van der Waals surface area (Å²) in [6, 6.07) is 10.0. The number of hydrogen-bond donors (Lipinski definition) is 2. The Balaban J connectivity index is 2.43. The number of amides is 1. The van der Waals surface area contributed by atoms with Crippen molar-refractivity contribution in [3.63, 3.8) is 0 Å². The fourth-order valence-corrected chi connectivity index (χ4v) is 1.67. The fraction of sp³-hybridized carbons (Fsp3) is 0.467. The van der Waals surface area contributed by atoms with Crippen molar-refractivity contribution in [2.75, 3.05) is 6.54 Å². The molecule has 1 unspecified atom stereocenters. The summed E-state index contributed by atoms with van der Waals surface area (Å²) in [6.07, 6.45) is 0.783. The Morgan fingerprint density at radius 1 is 1.26 bits per heavy atom. The third-order valence-corrected chi connectivity index (χ3v) is 3.33. The lowest BCUT2D eigenvalue weighted by atomic mass is 9.92. The predicted octanol–water partition coefficient (Wildman–Crippen LogP) is 2.41. The molecule has 1 atom stereocenters. The van der Waals surface area contributed by atoms with Gasteiger partial charge in [0, 0.05) is 6.54 Å². The number of rotatable bonds is 6. The van der Waals surface area contributed by atoms with Crippen LogP contribution in [0.3, 0.4) is 0 Å². The molecule has 0 bridgehead atoms. The lowest BCUT2D eigenvalue weighted by molar-refractivity contribution is -0.153. The molecule has 2 N–H and O–H groups in total. The molecular weight excluding hydrogens is 242 g/mol. The Kier molecular flexibility index (Phi) is 5.10. The van der Waals surface area contributed by atoms with Crippen molar-refractivity contribution < 1.29 is 14.7 Å². The summed E-state index contributed by atoms with van der Waals surface area (Å²) in [4.78, 5) is 22.7. The Morgan fingerprint density at radius 2 is 1.84 bits per heavy atom. The molecule has 19 heavy (non-hydrogen) atoms. The maximum absolute atomic E-state index is 11.7. The van der Waals surface area contributed by atoms with Crippen LogP contribution in [0.4, 0.5) is 0 Å². The third kappa shape index (κ3) is 4.09. The number of hydrogen-bond acceptors (Lipinski definition) is 2. The van der Waals surface area contributed by atoms with E-state index in [2.05, 4.69) is 12.2 Å². The van der Waals surface area contributed by atoms with Crippen LogP contribution in [0.5, 0.6) is 0 Å². The van der Waals surface area contributed by atoms with Gasteiger partial charge in [-0.15, -0.1) is 0 Å². The maximum Gasteiger partial charge on any atom is 0.318 e. The van der Waals surface area contributed by atoms with Gasteiger partial charge in [-0.1, -0.05) is 37.3 Å². The van der Waals surface area contributed by atoms with Gasteiger partial charge in [0.15, 0.2) is 0 Å². The minimum Gasteiger partial charge on any atom is -0.480 e. The van der Waals surface area contributed by atoms with E-state index in [9.17, 15) is 9.59 Å². The van der Waals surface area contributed by atoms with Crippen LogP contribution in [0.25, 0.3) is 0 Å². The second kappa shape index (κ2) is 6.36. The Morgan fingerprint density at radius 3 is 2.37 bits per heavy atom. The van der Waals surface area contributed by atoms with E-state index in [1.165, 1.54) is 19.4 Å². The van der Waals surface area contributed by atoms with Crippen LogP contribution in [0.1, 0.15) is 38.7 Å². The predicted molar refractivity (Wildman–Crippen MR) is 73.9 cm³/mol. The minimum atomic E-state index is -1.38. The van der Waals surface area contributed by atoms with Crippen molar-refractivity contribution in [2.45, 2.75) is 33.1 Å². The van der Waals surface area contributed by atoms with E-state index in [1.807, 2.05) is 30.3 Å². The van der Waals surface area contributed by atoms with Gasteiger partial charge in [0.2, 0.25) is 5.91 Å². The number of carboxylic acid groups (broad SMARTS) is 1. The average Bonchev–Trinajstić information content (AvgIpc) is 2.39. The number of nitrogens with one attached hydrogen (secondary N) is 1. The topological polar surface area (TPSA) is 66.4 Å². The highest BCUT2D eigenvalue weighted by molar-refractivity contribution is 6.00. The van der Waals surface area contributed by atoms with Gasteiger partial charge in [-0.25, -0.2) is 0 Å². The molecule has 1 amide bonds. The highest BCUT2D eigenvalue weighted by Crippen LogP contribution is 2.18. The number of carbonyl (C=O) groups excluding carboxylic acids is 1. The molecule has 0 saturated carbocycles. The standard InChI is InChI=1S/C15H21NO3/c1-11(12-7-5-4-6-8-12)9-10-16-13(17)15(2,3)14(18)19/h4-8,11H,9-10H2,1-3H3,(H,16,17)(H,18,19). The van der Waals surface area contributed by atoms with E-state index in [0.717, 1.165) is 6.42 Å². The molecule has 4 heteroatoms. The van der Waals surface area contributed by atoms with Gasteiger partial charge in [-0.2, -0.15) is 0 Å². The summed E-state index contributed by atoms with van der Waals surface area (Å²) in [6.45, 7) is 5.38. The van der Waals surface area contributed by atoms with Crippen molar-refractivity contribution in [1.29, 1.82) is 0 Å². The summed E-state index contributed by atoms with van der Waals surface area (Å²) in [5, 5.41) is 11.6. The zero-order chi connectivity index (χ0) is 14.5. The third-order valence-electron chi connectivity index (χ3n) is 3.33. The Labute approximate surface area is 113 Å². The number of benzene rings is 1. The molecule has 0 spiro atoms. The molecule has 0 aliphatic heterocycles. The largest absolute Gasteiger partial charge is 0.480 e. The van der Waals surface area contributed by atoms with Crippen LogP contribution in [0.2, 0.25) is 0 Å². The second-order valence-electron chi connectivity index (χ2n) is 5.29. The lowest BCUT2D eigenvalue weighted by Gasteiger charge is -2.19. The monoisotopic (exact) mass is 263 g/mol. The van der Waals surface area contributed by atoms with Gasteiger partial charge in [0.05, 0.1) is 0 Å². The van der Waals surface area contributed by atoms with E-state index in [4.69, 9.17) is 5.11 Å². The first-order valence-corrected chi connectivity index (χ1v) is 6.42. The van der Waals surface area contributed by atoms with Crippen LogP contribution >= 0.6 is 0 Å². The molecule has 0 aromatic heterocycles. The average molecular weight is 263 g/mol. The smallest absolute Gasteiger partial charge is 0.318 e. The van der Waals surface area contributed by atoms with Gasteiger partial charge in [-0.3, -0.25) is 9.59 Å². The quantitative estimate of drug-likeness (QED) is 0.774. The number of carbonyl (C=O) groups is 2. The van der Waals surface area contributed by atoms with Crippen LogP contribution < -0.4 is 5.32 Å². The van der Waals surface area contributed by atoms with Crippen LogP contribution in [0.15, 0.2) is 30.3 Å². The number of carboxylic acids is 1. The Hall–Kier alpha value is -1.84. The minimum absolute atomic E-state index is 0.328. The van der Waals surface area contributed by atoms with E-state index >= 15 is 0 Å². The Bertz CT molecular complexity index is 440. The van der Waals surface area contributed by atoms with Crippen LogP contribution in [-0.2, 0) is 9.59 Å². The highest BCUT2D eigenvalue weighted by atomic mass is 16.4. The highest BCUT2D eigenvalue weighted by Gasteiger charge is 2.35. The van der Waals surface area contributed by atoms with Gasteiger partial charge >= 0.3 is 5.97 Å². The first-order valence-electron chi connectivity index (χ1n) is 6.42. The molecule has 104 valence electrons. The summed E-state index contributed by atoms with van der Waals surface area (Å²) in [5.41, 5.74) is -0.162. The van der Waals surface area contributed by atoms with Gasteiger partial charge in [0.1, 0.15) is 5.41 Å². The van der Waals surface area contributed by atoms with Crippen molar-refractivity contribution >= 4 is 11.9 Å². The molecule has 0 fully saturated rings. The van der Waals surface area contributed by atoms with Crippen molar-refractivity contribution in [1.82, 2.24) is 5.32 Å². The SMILES string of the molecule is CC(CCNC(=O)C(C)(C)C(=O)O)c1ccccc1. The molecule has 0 heterocycles. The maximum atomic E-state index is 11.7. The first kappa shape index (κ1) is 15.2. The van der Waals surface area contributed by atoms with Crippen molar-refractivity contribution in [3.8, 4) is 0 Å². The normalized spacial score (nSPS) is 12.8. The van der Waals surface area contributed by atoms with Crippen LogP contribution in [0, 0.1) is 5.41 Å². The second-order valence-corrected chi connectivity index (χ2v) is 5.29. The summed E-state index contributed by atoms with van der Waals surface area (Å²) in [7, 11) is 0. The number of aliphatic carboxylic acids is 1. The van der Waals surface area contributed by atoms with E-state index in [1.54, 1.807) is 0 Å². The van der Waals surface area contributed by atoms with Gasteiger partial charge in [0.25, 0.3) is 0 Å². The molecule has 1 aromatic carbocycles.